The van der Waals surface area contributed by atoms with Gasteiger partial charge in [-0.2, -0.15) is 4.98 Å². The minimum absolute atomic E-state index is 0.0748. The minimum atomic E-state index is -1.07. The lowest BCUT2D eigenvalue weighted by atomic mass is 9.77. The molecule has 3 heterocycles. The van der Waals surface area contributed by atoms with Crippen molar-refractivity contribution in [3.8, 4) is 0 Å². The van der Waals surface area contributed by atoms with Crippen LogP contribution in [0.15, 0.2) is 29.2 Å². The molecule has 0 amide bonds. The summed E-state index contributed by atoms with van der Waals surface area (Å²) < 4.78 is 13.2. The number of nitrogens with zero attached hydrogens (tertiary/aromatic N) is 3. The third-order valence-electron chi connectivity index (χ3n) is 8.15. The van der Waals surface area contributed by atoms with E-state index in [1.165, 1.54) is 5.56 Å². The van der Waals surface area contributed by atoms with E-state index in [4.69, 9.17) is 21.6 Å². The normalized spacial score (nSPS) is 27.0. The number of fused-ring (bicyclic) bond motifs is 1. The second-order valence-corrected chi connectivity index (χ2v) is 12.6. The van der Waals surface area contributed by atoms with Gasteiger partial charge in [0.15, 0.2) is 0 Å². The van der Waals surface area contributed by atoms with Gasteiger partial charge in [0.05, 0.1) is 33.4 Å². The average molecular weight is 487 g/mol. The number of rotatable bonds is 5. The molecule has 0 bridgehead atoms. The Balaban J connectivity index is 1.29. The highest BCUT2D eigenvalue weighted by atomic mass is 35.5. The summed E-state index contributed by atoms with van der Waals surface area (Å²) in [7, 11) is -1.07. The van der Waals surface area contributed by atoms with Crippen molar-refractivity contribution >= 4 is 34.2 Å². The molecule has 1 spiro atoms. The maximum absolute atomic E-state index is 13.4. The van der Waals surface area contributed by atoms with Crippen LogP contribution in [0, 0.1) is 0 Å². The van der Waals surface area contributed by atoms with Crippen LogP contribution in [-0.2, 0) is 17.2 Å². The fourth-order valence-electron chi connectivity index (χ4n) is 5.66. The van der Waals surface area contributed by atoms with Crippen LogP contribution >= 0.6 is 11.6 Å². The molecule has 1 aromatic carbocycles. The molecule has 3 fully saturated rings. The highest BCUT2D eigenvalue weighted by Crippen LogP contribution is 2.54. The third-order valence-corrected chi connectivity index (χ3v) is 10.5. The van der Waals surface area contributed by atoms with Crippen LogP contribution in [0.1, 0.15) is 68.5 Å². The molecule has 6 nitrogen and oxygen atoms in total. The van der Waals surface area contributed by atoms with E-state index < -0.39 is 10.8 Å². The van der Waals surface area contributed by atoms with E-state index in [0.29, 0.717) is 11.7 Å². The highest BCUT2D eigenvalue weighted by molar-refractivity contribution is 7.87. The molecular formula is C25H31ClN4O2S. The Morgan fingerprint density at radius 2 is 1.88 bits per heavy atom. The molecule has 2 N–H and O–H groups in total. The number of hydrogen-bond acceptors (Lipinski definition) is 6. The van der Waals surface area contributed by atoms with Gasteiger partial charge in [-0.05, 0) is 75.0 Å². The molecule has 2 aromatic rings. The first kappa shape index (κ1) is 21.8. The zero-order valence-electron chi connectivity index (χ0n) is 18.9. The van der Waals surface area contributed by atoms with Gasteiger partial charge in [-0.25, -0.2) is 4.98 Å². The average Bonchev–Trinajstić information content (AvgIpc) is 3.55. The number of aromatic nitrogens is 2. The molecule has 2 saturated carbocycles. The number of halogens is 1. The van der Waals surface area contributed by atoms with Crippen LogP contribution in [0.3, 0.4) is 0 Å². The summed E-state index contributed by atoms with van der Waals surface area (Å²) in [5.41, 5.74) is 1.96. The molecule has 1 unspecified atom stereocenters. The smallest absolute Gasteiger partial charge is 0.227 e. The Morgan fingerprint density at radius 1 is 1.09 bits per heavy atom. The van der Waals surface area contributed by atoms with Gasteiger partial charge in [0, 0.05) is 24.5 Å². The fraction of sp³-hybridized carbons (Fsp3) is 0.600. The van der Waals surface area contributed by atoms with Gasteiger partial charge >= 0.3 is 0 Å². The zero-order valence-corrected chi connectivity index (χ0v) is 20.4. The molecule has 1 saturated heterocycles. The van der Waals surface area contributed by atoms with Gasteiger partial charge in [0.2, 0.25) is 5.95 Å². The molecule has 4 aliphatic rings. The van der Waals surface area contributed by atoms with Gasteiger partial charge in [0.25, 0.3) is 0 Å². The number of aliphatic hydroxyl groups excluding tert-OH is 1. The molecule has 2 aliphatic carbocycles. The predicted octanol–water partition coefficient (Wildman–Crippen LogP) is 4.43. The molecular weight excluding hydrogens is 456 g/mol. The first-order valence-electron chi connectivity index (χ1n) is 12.2. The van der Waals surface area contributed by atoms with Crippen molar-refractivity contribution in [2.24, 2.45) is 0 Å². The van der Waals surface area contributed by atoms with Crippen molar-refractivity contribution in [2.75, 3.05) is 29.9 Å². The lowest BCUT2D eigenvalue weighted by Gasteiger charge is -2.41. The van der Waals surface area contributed by atoms with Gasteiger partial charge in [0.1, 0.15) is 10.7 Å². The summed E-state index contributed by atoms with van der Waals surface area (Å²) in [6.07, 6.45) is 8.98. The van der Waals surface area contributed by atoms with E-state index in [9.17, 15) is 9.32 Å². The summed E-state index contributed by atoms with van der Waals surface area (Å²) in [5, 5.41) is 14.4. The van der Waals surface area contributed by atoms with E-state index >= 15 is 0 Å². The van der Waals surface area contributed by atoms with Crippen molar-refractivity contribution in [3.63, 3.8) is 0 Å². The van der Waals surface area contributed by atoms with E-state index in [2.05, 4.69) is 22.3 Å². The molecule has 33 heavy (non-hydrogen) atoms. The van der Waals surface area contributed by atoms with Crippen LogP contribution in [0.5, 0.6) is 0 Å². The standard InChI is InChI=1S/C25H31ClN4O2S/c26-19-6-4-18(5-7-19)17-3-1-13-30(14-8-17)23-27-20-15-25(11-12-25)33(32)21(20)22(28-23)29-24(16-31)9-2-10-24/h4-7,17,31H,1-3,8-16H2,(H,27,28,29)/t17?,33-/m1/s1. The van der Waals surface area contributed by atoms with Crippen molar-refractivity contribution in [1.82, 2.24) is 9.97 Å². The highest BCUT2D eigenvalue weighted by Gasteiger charge is 2.56. The van der Waals surface area contributed by atoms with E-state index in [1.54, 1.807) is 0 Å². The van der Waals surface area contributed by atoms with E-state index in [1.807, 2.05) is 12.1 Å². The summed E-state index contributed by atoms with van der Waals surface area (Å²) in [6, 6.07) is 8.25. The van der Waals surface area contributed by atoms with Crippen LogP contribution in [0.4, 0.5) is 11.8 Å². The lowest BCUT2D eigenvalue weighted by molar-refractivity contribution is 0.143. The quantitative estimate of drug-likeness (QED) is 0.651. The minimum Gasteiger partial charge on any atom is -0.394 e. The number of nitrogens with one attached hydrogen (secondary N) is 1. The Labute approximate surface area is 202 Å². The molecule has 6 rings (SSSR count). The Morgan fingerprint density at radius 3 is 2.55 bits per heavy atom. The Kier molecular flexibility index (Phi) is 5.42. The fourth-order valence-corrected chi connectivity index (χ4v) is 7.56. The largest absolute Gasteiger partial charge is 0.394 e. The van der Waals surface area contributed by atoms with Gasteiger partial charge in [-0.1, -0.05) is 23.7 Å². The maximum atomic E-state index is 13.4. The van der Waals surface area contributed by atoms with Crippen molar-refractivity contribution in [3.05, 3.63) is 40.5 Å². The Bertz CT molecular complexity index is 1080. The van der Waals surface area contributed by atoms with Gasteiger partial charge in [-0.15, -0.1) is 0 Å². The molecule has 2 aliphatic heterocycles. The topological polar surface area (TPSA) is 78.4 Å². The van der Waals surface area contributed by atoms with Crippen molar-refractivity contribution in [1.29, 1.82) is 0 Å². The van der Waals surface area contributed by atoms with Crippen LogP contribution in [-0.4, -0.2) is 49.3 Å². The summed E-state index contributed by atoms with van der Waals surface area (Å²) in [6.45, 7) is 1.89. The van der Waals surface area contributed by atoms with Crippen LogP contribution in [0.25, 0.3) is 0 Å². The molecule has 8 heteroatoms. The number of hydrogen-bond donors (Lipinski definition) is 2. The second-order valence-electron chi connectivity index (χ2n) is 10.4. The Hall–Kier alpha value is -1.70. The summed E-state index contributed by atoms with van der Waals surface area (Å²) >= 11 is 6.08. The molecule has 1 aromatic heterocycles. The van der Waals surface area contributed by atoms with Gasteiger partial charge in [-0.3, -0.25) is 4.21 Å². The predicted molar refractivity (Wildman–Crippen MR) is 132 cm³/mol. The van der Waals surface area contributed by atoms with Crippen molar-refractivity contribution < 1.29 is 9.32 Å². The van der Waals surface area contributed by atoms with Crippen molar-refractivity contribution in [2.45, 2.75) is 78.9 Å². The SMILES string of the molecule is O=[S@@]1c2c(nc(N3CCCC(c4ccc(Cl)cc4)CC3)nc2NC2(CO)CCC2)CC12CC2. The summed E-state index contributed by atoms with van der Waals surface area (Å²) in [4.78, 5) is 13.0. The first-order valence-corrected chi connectivity index (χ1v) is 13.8. The van der Waals surface area contributed by atoms with E-state index in [0.717, 1.165) is 92.4 Å². The van der Waals surface area contributed by atoms with Crippen LogP contribution in [0.2, 0.25) is 5.02 Å². The third kappa shape index (κ3) is 3.86. The number of aliphatic hydroxyl groups is 1. The monoisotopic (exact) mass is 486 g/mol. The number of anilines is 2. The summed E-state index contributed by atoms with van der Waals surface area (Å²) in [5.74, 6) is 1.95. The lowest BCUT2D eigenvalue weighted by Crippen LogP contribution is -2.48. The molecule has 2 atom stereocenters. The molecule has 0 radical (unpaired) electrons. The first-order chi connectivity index (χ1) is 16.0. The molecule has 176 valence electrons. The van der Waals surface area contributed by atoms with E-state index in [-0.39, 0.29) is 16.9 Å². The maximum Gasteiger partial charge on any atom is 0.227 e. The zero-order chi connectivity index (χ0) is 22.6. The number of benzene rings is 1. The second kappa shape index (κ2) is 8.21. The van der Waals surface area contributed by atoms with Crippen LogP contribution < -0.4 is 10.2 Å². The van der Waals surface area contributed by atoms with Gasteiger partial charge < -0.3 is 15.3 Å².